The van der Waals surface area contributed by atoms with E-state index in [1.165, 1.54) is 21.3 Å². The van der Waals surface area contributed by atoms with Crippen molar-refractivity contribution in [2.24, 2.45) is 0 Å². The first-order valence-corrected chi connectivity index (χ1v) is 4.91. The molecule has 96 valence electrons. The third kappa shape index (κ3) is 1.92. The third-order valence-electron chi connectivity index (χ3n) is 2.43. The largest absolute Gasteiger partial charge is 0.495 e. The Kier molecular flexibility index (Phi) is 4.42. The van der Waals surface area contributed by atoms with E-state index in [9.17, 15) is 14.4 Å². The van der Waals surface area contributed by atoms with Crippen molar-refractivity contribution < 1.29 is 28.6 Å². The molecule has 0 aliphatic rings. The molecule has 0 unspecified atom stereocenters. The van der Waals surface area contributed by atoms with E-state index in [1.807, 2.05) is 0 Å². The Labute approximate surface area is 103 Å². The van der Waals surface area contributed by atoms with Crippen LogP contribution in [0, 0.1) is 0 Å². The Morgan fingerprint density at radius 3 is 0.944 bits per heavy atom. The van der Waals surface area contributed by atoms with Crippen LogP contribution in [0.25, 0.3) is 0 Å². The Morgan fingerprint density at radius 1 is 0.611 bits per heavy atom. The molecular weight excluding hydrogens is 240 g/mol. The van der Waals surface area contributed by atoms with Crippen LogP contribution in [0.4, 0.5) is 0 Å². The fraction of sp³-hybridized carbons (Fsp3) is 0.250. The number of methoxy groups -OCH3 is 3. The number of hydrogen-bond acceptors (Lipinski definition) is 6. The zero-order valence-electron chi connectivity index (χ0n) is 10.2. The molecule has 0 spiro atoms. The van der Waals surface area contributed by atoms with Crippen LogP contribution in [0.5, 0.6) is 17.2 Å². The maximum Gasteiger partial charge on any atom is 0.157 e. The molecule has 6 nitrogen and oxygen atoms in total. The molecule has 0 N–H and O–H groups in total. The first kappa shape index (κ1) is 13.7. The average molecular weight is 252 g/mol. The topological polar surface area (TPSA) is 78.9 Å². The van der Waals surface area contributed by atoms with Gasteiger partial charge in [-0.3, -0.25) is 14.4 Å². The van der Waals surface area contributed by atoms with Gasteiger partial charge in [-0.2, -0.15) is 0 Å². The maximum atomic E-state index is 11.1. The van der Waals surface area contributed by atoms with Crippen LogP contribution in [0.3, 0.4) is 0 Å². The van der Waals surface area contributed by atoms with Gasteiger partial charge in [-0.1, -0.05) is 0 Å². The lowest BCUT2D eigenvalue weighted by molar-refractivity contribution is 0.111. The number of ether oxygens (including phenoxy) is 3. The summed E-state index contributed by atoms with van der Waals surface area (Å²) in [4.78, 5) is 33.2. The summed E-state index contributed by atoms with van der Waals surface area (Å²) in [5.41, 5.74) is -0.0278. The summed E-state index contributed by atoms with van der Waals surface area (Å²) < 4.78 is 15.0. The number of carbonyl (C=O) groups is 3. The van der Waals surface area contributed by atoms with Crippen LogP contribution < -0.4 is 14.2 Å². The van der Waals surface area contributed by atoms with Gasteiger partial charge >= 0.3 is 0 Å². The normalized spacial score (nSPS) is 9.50. The molecule has 0 radical (unpaired) electrons. The highest BCUT2D eigenvalue weighted by Crippen LogP contribution is 2.40. The molecule has 0 aliphatic carbocycles. The molecule has 0 heterocycles. The molecule has 18 heavy (non-hydrogen) atoms. The van der Waals surface area contributed by atoms with Gasteiger partial charge in [-0.05, 0) is 0 Å². The number of aldehydes is 3. The number of rotatable bonds is 6. The summed E-state index contributed by atoms with van der Waals surface area (Å²) in [6, 6.07) is 0. The van der Waals surface area contributed by atoms with Gasteiger partial charge in [0.05, 0.1) is 21.3 Å². The molecule has 0 atom stereocenters. The van der Waals surface area contributed by atoms with Crippen molar-refractivity contribution in [3.05, 3.63) is 16.7 Å². The molecule has 0 saturated heterocycles. The van der Waals surface area contributed by atoms with Crippen LogP contribution in [0.1, 0.15) is 31.1 Å². The lowest BCUT2D eigenvalue weighted by Gasteiger charge is -2.17. The molecule has 1 rings (SSSR count). The number of hydrogen-bond donors (Lipinski definition) is 0. The molecule has 1 aromatic rings. The molecule has 0 bridgehead atoms. The fourth-order valence-electron chi connectivity index (χ4n) is 1.73. The smallest absolute Gasteiger partial charge is 0.157 e. The van der Waals surface area contributed by atoms with Crippen LogP contribution in [-0.4, -0.2) is 40.2 Å². The zero-order chi connectivity index (χ0) is 13.7. The van der Waals surface area contributed by atoms with Gasteiger partial charge in [0.25, 0.3) is 0 Å². The first-order chi connectivity index (χ1) is 8.69. The van der Waals surface area contributed by atoms with Gasteiger partial charge in [-0.25, -0.2) is 0 Å². The van der Waals surface area contributed by atoms with Gasteiger partial charge in [0.15, 0.2) is 18.9 Å². The van der Waals surface area contributed by atoms with Gasteiger partial charge in [0.1, 0.15) is 33.9 Å². The molecular formula is C12H12O6. The van der Waals surface area contributed by atoms with Crippen molar-refractivity contribution in [2.75, 3.05) is 21.3 Å². The van der Waals surface area contributed by atoms with Crippen molar-refractivity contribution >= 4 is 18.9 Å². The van der Waals surface area contributed by atoms with Gasteiger partial charge in [0, 0.05) is 0 Å². The predicted octanol–water partition coefficient (Wildman–Crippen LogP) is 1.15. The summed E-state index contributed by atoms with van der Waals surface area (Å²) >= 11 is 0. The Balaban J connectivity index is 3.88. The third-order valence-corrected chi connectivity index (χ3v) is 2.43. The second kappa shape index (κ2) is 5.81. The average Bonchev–Trinajstić information content (AvgIpc) is 2.43. The number of benzene rings is 1. The van der Waals surface area contributed by atoms with Crippen molar-refractivity contribution in [3.63, 3.8) is 0 Å². The maximum absolute atomic E-state index is 11.1. The summed E-state index contributed by atoms with van der Waals surface area (Å²) in [6.07, 6.45) is 1.37. The Hall–Kier alpha value is -2.37. The van der Waals surface area contributed by atoms with Crippen LogP contribution in [0.2, 0.25) is 0 Å². The van der Waals surface area contributed by atoms with Gasteiger partial charge in [-0.15, -0.1) is 0 Å². The van der Waals surface area contributed by atoms with E-state index in [0.717, 1.165) is 0 Å². The van der Waals surface area contributed by atoms with E-state index in [2.05, 4.69) is 0 Å². The SMILES string of the molecule is COc1c(C=O)c(OC)c(C=O)c(OC)c1C=O. The lowest BCUT2D eigenvalue weighted by Crippen LogP contribution is -2.06. The minimum Gasteiger partial charge on any atom is -0.495 e. The molecule has 0 fully saturated rings. The van der Waals surface area contributed by atoms with E-state index >= 15 is 0 Å². The summed E-state index contributed by atoms with van der Waals surface area (Å²) in [5, 5.41) is 0. The highest BCUT2D eigenvalue weighted by atomic mass is 16.5. The van der Waals surface area contributed by atoms with E-state index in [1.54, 1.807) is 0 Å². The second-order valence-electron chi connectivity index (χ2n) is 3.19. The van der Waals surface area contributed by atoms with Crippen molar-refractivity contribution in [3.8, 4) is 17.2 Å². The van der Waals surface area contributed by atoms with Gasteiger partial charge in [0.2, 0.25) is 0 Å². The van der Waals surface area contributed by atoms with Crippen LogP contribution >= 0.6 is 0 Å². The molecule has 6 heteroatoms. The molecule has 0 saturated carbocycles. The monoisotopic (exact) mass is 252 g/mol. The van der Waals surface area contributed by atoms with E-state index < -0.39 is 0 Å². The fourth-order valence-corrected chi connectivity index (χ4v) is 1.73. The van der Waals surface area contributed by atoms with E-state index in [0.29, 0.717) is 18.9 Å². The minimum atomic E-state index is -0.00926. The van der Waals surface area contributed by atoms with Crippen LogP contribution in [0.15, 0.2) is 0 Å². The standard InChI is InChI=1S/C12H12O6/c1-16-10-7(4-13)11(17-2)9(6-15)12(18-3)8(10)5-14/h4-6H,1-3H3. The number of carbonyl (C=O) groups excluding carboxylic acids is 3. The second-order valence-corrected chi connectivity index (χ2v) is 3.19. The molecule has 0 aliphatic heterocycles. The van der Waals surface area contributed by atoms with Crippen LogP contribution in [-0.2, 0) is 0 Å². The summed E-state index contributed by atoms with van der Waals surface area (Å²) in [5.74, 6) is 0.0397. The first-order valence-electron chi connectivity index (χ1n) is 4.91. The van der Waals surface area contributed by atoms with Crippen molar-refractivity contribution in [1.82, 2.24) is 0 Å². The Bertz CT molecular complexity index is 399. The summed E-state index contributed by atoms with van der Waals surface area (Å²) in [7, 11) is 3.90. The minimum absolute atomic E-state index is 0.00926. The van der Waals surface area contributed by atoms with Crippen molar-refractivity contribution in [1.29, 1.82) is 0 Å². The molecule has 0 aromatic heterocycles. The predicted molar refractivity (Wildman–Crippen MR) is 62.3 cm³/mol. The molecule has 0 amide bonds. The quantitative estimate of drug-likeness (QED) is 0.706. The van der Waals surface area contributed by atoms with E-state index in [4.69, 9.17) is 14.2 Å². The Morgan fingerprint density at radius 2 is 0.833 bits per heavy atom. The highest BCUT2D eigenvalue weighted by molar-refractivity contribution is 6.01. The van der Waals surface area contributed by atoms with E-state index in [-0.39, 0.29) is 33.9 Å². The summed E-state index contributed by atoms with van der Waals surface area (Å²) in [6.45, 7) is 0. The molecule has 1 aromatic carbocycles. The van der Waals surface area contributed by atoms with Gasteiger partial charge < -0.3 is 14.2 Å². The lowest BCUT2D eigenvalue weighted by atomic mass is 10.0. The van der Waals surface area contributed by atoms with Crippen molar-refractivity contribution in [2.45, 2.75) is 0 Å². The highest BCUT2D eigenvalue weighted by Gasteiger charge is 2.25. The zero-order valence-corrected chi connectivity index (χ0v) is 10.2.